The lowest BCUT2D eigenvalue weighted by Crippen LogP contribution is -2.23. The molecule has 0 radical (unpaired) electrons. The van der Waals surface area contributed by atoms with Crippen molar-refractivity contribution in [3.05, 3.63) is 47.7 Å². The molecule has 1 N–H and O–H groups in total. The van der Waals surface area contributed by atoms with Gasteiger partial charge < -0.3 is 14.5 Å². The van der Waals surface area contributed by atoms with Gasteiger partial charge in [-0.3, -0.25) is 0 Å². The van der Waals surface area contributed by atoms with Crippen molar-refractivity contribution in [1.29, 1.82) is 0 Å². The van der Waals surface area contributed by atoms with Gasteiger partial charge in [-0.05, 0) is 29.2 Å². The summed E-state index contributed by atoms with van der Waals surface area (Å²) in [6.07, 6.45) is 1.27. The number of fused-ring (bicyclic) bond motifs is 1. The third kappa shape index (κ3) is 2.37. The van der Waals surface area contributed by atoms with E-state index in [1.54, 1.807) is 0 Å². The molecule has 2 aromatic rings. The van der Waals surface area contributed by atoms with E-state index in [4.69, 9.17) is 14.5 Å². The topological polar surface area (TPSA) is 68.7 Å². The molecular weight excluding hydrogens is 257 g/mol. The molecular formula is C14H12BNO4. The van der Waals surface area contributed by atoms with Gasteiger partial charge in [-0.25, -0.2) is 9.78 Å². The molecule has 1 aliphatic rings. The smallest absolute Gasteiger partial charge is 0.337 e. The van der Waals surface area contributed by atoms with Gasteiger partial charge in [0, 0.05) is 12.3 Å². The Morgan fingerprint density at radius 3 is 2.95 bits per heavy atom. The Bertz CT molecular complexity index is 657. The van der Waals surface area contributed by atoms with E-state index in [1.807, 2.05) is 25.0 Å². The van der Waals surface area contributed by atoms with Crippen LogP contribution >= 0.6 is 0 Å². The minimum Gasteiger partial charge on any atom is -0.478 e. The maximum absolute atomic E-state index is 10.7. The molecule has 1 aromatic carbocycles. The summed E-state index contributed by atoms with van der Waals surface area (Å²) in [6, 6.07) is 8.76. The van der Waals surface area contributed by atoms with Crippen LogP contribution in [0.1, 0.15) is 15.9 Å². The Balaban J connectivity index is 1.79. The molecule has 0 saturated heterocycles. The summed E-state index contributed by atoms with van der Waals surface area (Å²) < 4.78 is 11.1. The van der Waals surface area contributed by atoms with Crippen molar-refractivity contribution in [2.45, 2.75) is 13.4 Å². The van der Waals surface area contributed by atoms with Crippen molar-refractivity contribution in [2.75, 3.05) is 0 Å². The first-order chi connectivity index (χ1) is 9.63. The number of ether oxygens (including phenoxy) is 1. The van der Waals surface area contributed by atoms with E-state index in [0.29, 0.717) is 18.2 Å². The minimum absolute atomic E-state index is 0.118. The Labute approximate surface area is 116 Å². The Kier molecular flexibility index (Phi) is 3.16. The molecule has 0 saturated carbocycles. The molecule has 6 heteroatoms. The van der Waals surface area contributed by atoms with Gasteiger partial charge in [0.25, 0.3) is 0 Å². The van der Waals surface area contributed by atoms with E-state index in [0.717, 1.165) is 5.56 Å². The van der Waals surface area contributed by atoms with Gasteiger partial charge in [-0.1, -0.05) is 12.9 Å². The number of nitrogens with zero attached hydrogens (tertiary/aromatic N) is 1. The summed E-state index contributed by atoms with van der Waals surface area (Å²) >= 11 is 0. The molecule has 0 bridgehead atoms. The molecule has 0 aliphatic carbocycles. The first-order valence-corrected chi connectivity index (χ1v) is 6.25. The molecule has 5 nitrogen and oxygen atoms in total. The molecule has 1 aliphatic heterocycles. The van der Waals surface area contributed by atoms with Gasteiger partial charge in [-0.15, -0.1) is 0 Å². The third-order valence-corrected chi connectivity index (χ3v) is 3.25. The molecule has 20 heavy (non-hydrogen) atoms. The Hall–Kier alpha value is -2.34. The predicted molar refractivity (Wildman–Crippen MR) is 73.8 cm³/mol. The van der Waals surface area contributed by atoms with Crippen LogP contribution in [0.2, 0.25) is 6.82 Å². The molecule has 0 fully saturated rings. The van der Waals surface area contributed by atoms with Crippen LogP contribution in [0.3, 0.4) is 0 Å². The van der Waals surface area contributed by atoms with Crippen LogP contribution in [-0.2, 0) is 11.3 Å². The zero-order chi connectivity index (χ0) is 14.1. The van der Waals surface area contributed by atoms with Gasteiger partial charge in [-0.2, -0.15) is 0 Å². The van der Waals surface area contributed by atoms with Crippen molar-refractivity contribution in [1.82, 2.24) is 4.98 Å². The van der Waals surface area contributed by atoms with Crippen molar-refractivity contribution in [2.24, 2.45) is 0 Å². The highest BCUT2D eigenvalue weighted by molar-refractivity contribution is 6.67. The van der Waals surface area contributed by atoms with Crippen LogP contribution in [0.25, 0.3) is 0 Å². The lowest BCUT2D eigenvalue weighted by Gasteiger charge is -2.06. The van der Waals surface area contributed by atoms with Crippen molar-refractivity contribution >= 4 is 18.3 Å². The Morgan fingerprint density at radius 2 is 2.25 bits per heavy atom. The maximum atomic E-state index is 10.7. The molecule has 1 aromatic heterocycles. The van der Waals surface area contributed by atoms with Gasteiger partial charge in [0.05, 0.1) is 12.2 Å². The molecule has 0 unspecified atom stereocenters. The highest BCUT2D eigenvalue weighted by Crippen LogP contribution is 2.22. The number of aromatic nitrogens is 1. The zero-order valence-corrected chi connectivity index (χ0v) is 10.9. The van der Waals surface area contributed by atoms with Crippen molar-refractivity contribution < 1.29 is 19.3 Å². The van der Waals surface area contributed by atoms with Crippen molar-refractivity contribution in [3.8, 4) is 11.6 Å². The second kappa shape index (κ2) is 4.98. The predicted octanol–water partition coefficient (Wildman–Crippen LogP) is 1.93. The second-order valence-corrected chi connectivity index (χ2v) is 4.61. The highest BCUT2D eigenvalue weighted by Gasteiger charge is 2.23. The number of aromatic carboxylic acids is 1. The highest BCUT2D eigenvalue weighted by atomic mass is 16.5. The van der Waals surface area contributed by atoms with Crippen LogP contribution in [0.4, 0.5) is 0 Å². The number of carbonyl (C=O) groups is 1. The van der Waals surface area contributed by atoms with Crippen LogP contribution in [-0.4, -0.2) is 23.0 Å². The molecule has 2 heterocycles. The quantitative estimate of drug-likeness (QED) is 0.862. The van der Waals surface area contributed by atoms with Crippen LogP contribution < -0.4 is 10.2 Å². The van der Waals surface area contributed by atoms with Gasteiger partial charge in [0.2, 0.25) is 5.88 Å². The fourth-order valence-corrected chi connectivity index (χ4v) is 2.16. The van der Waals surface area contributed by atoms with Gasteiger partial charge in [0.15, 0.2) is 0 Å². The van der Waals surface area contributed by atoms with Crippen molar-refractivity contribution in [3.63, 3.8) is 0 Å². The number of pyridine rings is 1. The number of carboxylic acids is 1. The maximum Gasteiger partial charge on any atom is 0.337 e. The summed E-state index contributed by atoms with van der Waals surface area (Å²) in [7, 11) is 0. The molecule has 3 rings (SSSR count). The van der Waals surface area contributed by atoms with Crippen LogP contribution in [0.5, 0.6) is 11.6 Å². The number of benzene rings is 1. The fraction of sp³-hybridized carbons (Fsp3) is 0.143. The lowest BCUT2D eigenvalue weighted by atomic mass is 9.64. The third-order valence-electron chi connectivity index (χ3n) is 3.25. The molecule has 100 valence electrons. The Morgan fingerprint density at radius 1 is 1.40 bits per heavy atom. The fourth-order valence-electron chi connectivity index (χ4n) is 2.16. The first kappa shape index (κ1) is 12.7. The van der Waals surface area contributed by atoms with E-state index in [9.17, 15) is 4.79 Å². The summed E-state index contributed by atoms with van der Waals surface area (Å²) in [6.45, 7) is 2.71. The van der Waals surface area contributed by atoms with E-state index < -0.39 is 5.97 Å². The number of hydrogen-bond donors (Lipinski definition) is 1. The standard InChI is InChI=1S/C14H12BNO4/c1-15-12-4-3-11(6-10(12)8-19-15)20-13-5-2-9(7-16-13)14(17)18/h2-7H,8H2,1H3,(H,17,18). The largest absolute Gasteiger partial charge is 0.478 e. The van der Waals surface area contributed by atoms with E-state index in [2.05, 4.69) is 4.98 Å². The average molecular weight is 269 g/mol. The minimum atomic E-state index is -1.01. The summed E-state index contributed by atoms with van der Waals surface area (Å²) in [5.41, 5.74) is 2.41. The first-order valence-electron chi connectivity index (χ1n) is 6.25. The number of rotatable bonds is 3. The monoisotopic (exact) mass is 269 g/mol. The average Bonchev–Trinajstić information content (AvgIpc) is 2.81. The number of carboxylic acid groups (broad SMARTS) is 1. The van der Waals surface area contributed by atoms with E-state index in [1.165, 1.54) is 23.8 Å². The summed E-state index contributed by atoms with van der Waals surface area (Å²) in [4.78, 5) is 14.7. The number of hydrogen-bond acceptors (Lipinski definition) is 4. The molecule has 0 spiro atoms. The van der Waals surface area contributed by atoms with Crippen LogP contribution in [0, 0.1) is 0 Å². The molecule has 0 atom stereocenters. The summed E-state index contributed by atoms with van der Waals surface area (Å²) in [5.74, 6) is 0.0201. The van der Waals surface area contributed by atoms with E-state index >= 15 is 0 Å². The molecule has 0 amide bonds. The second-order valence-electron chi connectivity index (χ2n) is 4.61. The van der Waals surface area contributed by atoms with Gasteiger partial charge >= 0.3 is 12.9 Å². The SMILES string of the molecule is CB1OCc2cc(Oc3ccc(C(=O)O)cn3)ccc21. The lowest BCUT2D eigenvalue weighted by molar-refractivity contribution is 0.0696. The van der Waals surface area contributed by atoms with Crippen LogP contribution in [0.15, 0.2) is 36.5 Å². The van der Waals surface area contributed by atoms with Gasteiger partial charge in [0.1, 0.15) is 5.75 Å². The summed E-state index contributed by atoms with van der Waals surface area (Å²) in [5, 5.41) is 8.80. The zero-order valence-electron chi connectivity index (χ0n) is 10.9. The van der Waals surface area contributed by atoms with E-state index in [-0.39, 0.29) is 12.5 Å². The normalized spacial score (nSPS) is 13.2.